The van der Waals surface area contributed by atoms with Crippen LogP contribution < -0.4 is 0 Å². The highest BCUT2D eigenvalue weighted by Gasteiger charge is 2.07. The van der Waals surface area contributed by atoms with Crippen molar-refractivity contribution in [3.05, 3.63) is 24.0 Å². The lowest BCUT2D eigenvalue weighted by atomic mass is 10.1. The van der Waals surface area contributed by atoms with Crippen molar-refractivity contribution in [2.45, 2.75) is 6.42 Å². The van der Waals surface area contributed by atoms with Crippen LogP contribution in [0.1, 0.15) is 6.42 Å². The molecule has 0 aromatic heterocycles. The third-order valence-electron chi connectivity index (χ3n) is 1.47. The molecule has 0 spiro atoms. The molecule has 0 bridgehead atoms. The van der Waals surface area contributed by atoms with Crippen molar-refractivity contribution in [3.8, 4) is 6.07 Å². The fourth-order valence-electron chi connectivity index (χ4n) is 1.01. The number of nitrogens with zero attached hydrogens (tertiary/aromatic N) is 3. The minimum atomic E-state index is 0.520. The summed E-state index contributed by atoms with van der Waals surface area (Å²) < 4.78 is 0. The van der Waals surface area contributed by atoms with Gasteiger partial charge in [-0.2, -0.15) is 5.26 Å². The van der Waals surface area contributed by atoms with Crippen LogP contribution in [-0.4, -0.2) is 24.7 Å². The molecule has 0 radical (unpaired) electrons. The van der Waals surface area contributed by atoms with Gasteiger partial charge in [-0.1, -0.05) is 6.08 Å². The molecule has 3 nitrogen and oxygen atoms in total. The van der Waals surface area contributed by atoms with E-state index >= 15 is 0 Å². The molecule has 0 unspecified atom stereocenters. The summed E-state index contributed by atoms with van der Waals surface area (Å²) in [6, 6.07) is 2.06. The van der Waals surface area contributed by atoms with Crippen LogP contribution in [0.2, 0.25) is 0 Å². The Morgan fingerprint density at radius 3 is 3.00 bits per heavy atom. The van der Waals surface area contributed by atoms with E-state index in [0.29, 0.717) is 5.71 Å². The highest BCUT2D eigenvalue weighted by atomic mass is 15.0. The highest BCUT2D eigenvalue weighted by molar-refractivity contribution is 6.12. The average Bonchev–Trinajstić information content (AvgIpc) is 2.04. The minimum Gasteiger partial charge on any atom is -0.383 e. The molecule has 0 amide bonds. The summed E-state index contributed by atoms with van der Waals surface area (Å²) in [4.78, 5) is 5.88. The summed E-state index contributed by atoms with van der Waals surface area (Å²) in [6.07, 6.45) is 6.33. The highest BCUT2D eigenvalue weighted by Crippen LogP contribution is 2.10. The average molecular weight is 161 g/mol. The van der Waals surface area contributed by atoms with Gasteiger partial charge in [-0.05, 0) is 6.42 Å². The fourth-order valence-corrected chi connectivity index (χ4v) is 1.01. The van der Waals surface area contributed by atoms with E-state index in [-0.39, 0.29) is 0 Å². The van der Waals surface area contributed by atoms with Crippen molar-refractivity contribution in [2.24, 2.45) is 4.99 Å². The van der Waals surface area contributed by atoms with Crippen molar-refractivity contribution in [1.82, 2.24) is 4.90 Å². The number of hydrogen-bond donors (Lipinski definition) is 0. The largest absolute Gasteiger partial charge is 0.383 e. The van der Waals surface area contributed by atoms with Crippen molar-refractivity contribution >= 4 is 5.71 Å². The second kappa shape index (κ2) is 3.72. The molecule has 0 atom stereocenters. The van der Waals surface area contributed by atoms with Crippen LogP contribution in [0.5, 0.6) is 0 Å². The summed E-state index contributed by atoms with van der Waals surface area (Å²) in [7, 11) is 3.86. The normalized spacial score (nSPS) is 18.8. The Balaban J connectivity index is 2.88. The Hall–Kier alpha value is -1.56. The lowest BCUT2D eigenvalue weighted by Crippen LogP contribution is -2.09. The molecule has 0 fully saturated rings. The zero-order valence-electron chi connectivity index (χ0n) is 7.28. The van der Waals surface area contributed by atoms with Crippen molar-refractivity contribution in [2.75, 3.05) is 14.1 Å². The van der Waals surface area contributed by atoms with Gasteiger partial charge in [0.1, 0.15) is 11.8 Å². The Morgan fingerprint density at radius 1 is 1.67 bits per heavy atom. The third kappa shape index (κ3) is 1.96. The number of hydrogen-bond acceptors (Lipinski definition) is 3. The van der Waals surface area contributed by atoms with Crippen molar-refractivity contribution < 1.29 is 0 Å². The predicted octanol–water partition coefficient (Wildman–Crippen LogP) is 1.31. The van der Waals surface area contributed by atoms with Crippen molar-refractivity contribution in [1.29, 1.82) is 5.26 Å². The molecule has 1 aliphatic rings. The van der Waals surface area contributed by atoms with Gasteiger partial charge in [0.15, 0.2) is 0 Å². The lowest BCUT2D eigenvalue weighted by Gasteiger charge is -2.10. The molecule has 1 heterocycles. The summed E-state index contributed by atoms with van der Waals surface area (Å²) in [5.41, 5.74) is 1.50. The maximum atomic E-state index is 8.70. The summed E-state index contributed by atoms with van der Waals surface area (Å²) in [5, 5.41) is 8.70. The maximum absolute atomic E-state index is 8.70. The topological polar surface area (TPSA) is 39.4 Å². The number of rotatable bonds is 1. The molecule has 1 rings (SSSR count). The van der Waals surface area contributed by atoms with E-state index in [9.17, 15) is 0 Å². The first kappa shape index (κ1) is 8.54. The summed E-state index contributed by atoms with van der Waals surface area (Å²) in [5.74, 6) is 0. The quantitative estimate of drug-likeness (QED) is 0.581. The fraction of sp³-hybridized carbons (Fsp3) is 0.333. The number of nitriles is 1. The standard InChI is InChI=1S/C9H11N3/c1-12(2)7-8-4-3-5-11-9(8)6-10/h3,5,7H,4H2,1-2H3. The molecule has 0 aromatic carbocycles. The monoisotopic (exact) mass is 161 g/mol. The van der Waals surface area contributed by atoms with E-state index in [1.807, 2.05) is 31.3 Å². The van der Waals surface area contributed by atoms with Crippen LogP contribution >= 0.6 is 0 Å². The Bertz CT molecular complexity index is 289. The molecule has 3 heteroatoms. The molecular weight excluding hydrogens is 150 g/mol. The molecule has 0 aromatic rings. The van der Waals surface area contributed by atoms with E-state index in [1.54, 1.807) is 6.20 Å². The summed E-state index contributed by atoms with van der Waals surface area (Å²) in [6.45, 7) is 0. The summed E-state index contributed by atoms with van der Waals surface area (Å²) >= 11 is 0. The zero-order chi connectivity index (χ0) is 8.97. The van der Waals surface area contributed by atoms with Gasteiger partial charge >= 0.3 is 0 Å². The van der Waals surface area contributed by atoms with Crippen LogP contribution in [0.15, 0.2) is 29.0 Å². The van der Waals surface area contributed by atoms with E-state index in [4.69, 9.17) is 5.26 Å². The van der Waals surface area contributed by atoms with Gasteiger partial charge in [0.2, 0.25) is 0 Å². The molecule has 0 N–H and O–H groups in total. The SMILES string of the molecule is CN(C)C=C1CC=CN=C1C#N. The van der Waals surface area contributed by atoms with Crippen LogP contribution in [0.4, 0.5) is 0 Å². The van der Waals surface area contributed by atoms with Gasteiger partial charge in [-0.3, -0.25) is 0 Å². The van der Waals surface area contributed by atoms with Gasteiger partial charge < -0.3 is 4.90 Å². The lowest BCUT2D eigenvalue weighted by molar-refractivity contribution is 0.559. The van der Waals surface area contributed by atoms with Crippen LogP contribution in [0.25, 0.3) is 0 Å². The minimum absolute atomic E-state index is 0.520. The third-order valence-corrected chi connectivity index (χ3v) is 1.47. The van der Waals surface area contributed by atoms with Gasteiger partial charge in [0.05, 0.1) is 0 Å². The second-order valence-corrected chi connectivity index (χ2v) is 2.80. The van der Waals surface area contributed by atoms with Crippen LogP contribution in [-0.2, 0) is 0 Å². The van der Waals surface area contributed by atoms with E-state index in [0.717, 1.165) is 12.0 Å². The number of allylic oxidation sites excluding steroid dienone is 2. The molecule has 1 aliphatic heterocycles. The molecule has 0 saturated carbocycles. The van der Waals surface area contributed by atoms with Crippen LogP contribution in [0, 0.1) is 11.3 Å². The molecule has 0 saturated heterocycles. The number of aliphatic imine (C=N–C) groups is 1. The van der Waals surface area contributed by atoms with E-state index < -0.39 is 0 Å². The maximum Gasteiger partial charge on any atom is 0.145 e. The Labute approximate surface area is 72.3 Å². The first-order valence-electron chi connectivity index (χ1n) is 3.74. The Kier molecular flexibility index (Phi) is 2.65. The zero-order valence-corrected chi connectivity index (χ0v) is 7.28. The van der Waals surface area contributed by atoms with E-state index in [1.165, 1.54) is 0 Å². The van der Waals surface area contributed by atoms with Gasteiger partial charge in [-0.15, -0.1) is 0 Å². The van der Waals surface area contributed by atoms with E-state index in [2.05, 4.69) is 11.1 Å². The molecule has 0 aliphatic carbocycles. The first-order valence-corrected chi connectivity index (χ1v) is 3.74. The Morgan fingerprint density at radius 2 is 2.42 bits per heavy atom. The molecule has 12 heavy (non-hydrogen) atoms. The second-order valence-electron chi connectivity index (χ2n) is 2.80. The molecular formula is C9H11N3. The molecule has 62 valence electrons. The smallest absolute Gasteiger partial charge is 0.145 e. The predicted molar refractivity (Wildman–Crippen MR) is 48.6 cm³/mol. The first-order chi connectivity index (χ1) is 5.74. The van der Waals surface area contributed by atoms with Gasteiger partial charge in [0, 0.05) is 32.1 Å². The van der Waals surface area contributed by atoms with Crippen molar-refractivity contribution in [3.63, 3.8) is 0 Å². The van der Waals surface area contributed by atoms with Gasteiger partial charge in [0.25, 0.3) is 0 Å². The van der Waals surface area contributed by atoms with Crippen LogP contribution in [0.3, 0.4) is 0 Å². The van der Waals surface area contributed by atoms with Gasteiger partial charge in [-0.25, -0.2) is 4.99 Å².